The van der Waals surface area contributed by atoms with Crippen molar-refractivity contribution < 1.29 is 17.6 Å². The van der Waals surface area contributed by atoms with Gasteiger partial charge in [-0.15, -0.1) is 0 Å². The number of benzene rings is 1. The van der Waals surface area contributed by atoms with Crippen LogP contribution >= 0.6 is 0 Å². The summed E-state index contributed by atoms with van der Waals surface area (Å²) in [6.07, 6.45) is 2.05. The Balaban J connectivity index is 1.71. The molecule has 28 heavy (non-hydrogen) atoms. The van der Waals surface area contributed by atoms with Crippen molar-refractivity contribution in [3.8, 4) is 0 Å². The number of nitrogens with zero attached hydrogens (tertiary/aromatic N) is 1. The molecule has 6 nitrogen and oxygen atoms in total. The van der Waals surface area contributed by atoms with Gasteiger partial charge in [0.05, 0.1) is 0 Å². The number of carbonyl (C=O) groups is 1. The van der Waals surface area contributed by atoms with Gasteiger partial charge in [-0.05, 0) is 35.1 Å². The Kier molecular flexibility index (Phi) is 5.68. The minimum absolute atomic E-state index is 0.0127. The Labute approximate surface area is 166 Å². The monoisotopic (exact) mass is 404 g/mol. The minimum Gasteiger partial charge on any atom is -0.440 e. The van der Waals surface area contributed by atoms with Crippen LogP contribution in [0.1, 0.15) is 42.5 Å². The first-order chi connectivity index (χ1) is 13.0. The van der Waals surface area contributed by atoms with Crippen LogP contribution in [0.2, 0.25) is 0 Å². The van der Waals surface area contributed by atoms with Crippen LogP contribution in [0.3, 0.4) is 0 Å². The lowest BCUT2D eigenvalue weighted by molar-refractivity contribution is 0.0830. The van der Waals surface area contributed by atoms with E-state index in [1.54, 1.807) is 0 Å². The predicted molar refractivity (Wildman–Crippen MR) is 108 cm³/mol. The van der Waals surface area contributed by atoms with Crippen molar-refractivity contribution in [3.05, 3.63) is 53.3 Å². The lowest BCUT2D eigenvalue weighted by atomic mass is 9.85. The van der Waals surface area contributed by atoms with Gasteiger partial charge in [-0.25, -0.2) is 8.42 Å². The maximum absolute atomic E-state index is 12.7. The molecule has 7 heteroatoms. The molecular formula is C21H28N2O4S. The minimum atomic E-state index is -3.48. The standard InChI is InChI=1S/C21H28N2O4S/c1-21(2,3)18(14-23-12-11-15-7-5-6-8-16(15)13-23)22-20(24)17-9-10-19(27-17)28(4,25)26/h5-10,18H,11-14H2,1-4H3,(H,22,24). The van der Waals surface area contributed by atoms with Crippen LogP contribution in [-0.2, 0) is 22.8 Å². The molecular weight excluding hydrogens is 376 g/mol. The van der Waals surface area contributed by atoms with Crippen molar-refractivity contribution in [3.63, 3.8) is 0 Å². The average Bonchev–Trinajstić information content (AvgIpc) is 3.11. The average molecular weight is 405 g/mol. The van der Waals surface area contributed by atoms with Gasteiger partial charge >= 0.3 is 0 Å². The number of hydrogen-bond donors (Lipinski definition) is 1. The fourth-order valence-corrected chi connectivity index (χ4v) is 3.93. The molecule has 3 rings (SSSR count). The topological polar surface area (TPSA) is 79.6 Å². The van der Waals surface area contributed by atoms with E-state index >= 15 is 0 Å². The van der Waals surface area contributed by atoms with Gasteiger partial charge in [0, 0.05) is 31.9 Å². The van der Waals surface area contributed by atoms with Crippen molar-refractivity contribution in [2.24, 2.45) is 5.41 Å². The fourth-order valence-electron chi connectivity index (χ4n) is 3.38. The number of amides is 1. The van der Waals surface area contributed by atoms with Gasteiger partial charge in [-0.1, -0.05) is 45.0 Å². The summed E-state index contributed by atoms with van der Waals surface area (Å²) in [5.41, 5.74) is 2.55. The highest BCUT2D eigenvalue weighted by Gasteiger charge is 2.30. The second-order valence-electron chi connectivity index (χ2n) is 8.54. The molecule has 0 aliphatic carbocycles. The molecule has 0 radical (unpaired) electrons. The van der Waals surface area contributed by atoms with Gasteiger partial charge in [0.25, 0.3) is 5.91 Å². The fraction of sp³-hybridized carbons (Fsp3) is 0.476. The van der Waals surface area contributed by atoms with Crippen LogP contribution in [0.25, 0.3) is 0 Å². The van der Waals surface area contributed by atoms with Crippen molar-refractivity contribution in [2.75, 3.05) is 19.3 Å². The van der Waals surface area contributed by atoms with Crippen LogP contribution in [0.4, 0.5) is 0 Å². The maximum atomic E-state index is 12.7. The molecule has 0 saturated heterocycles. The first-order valence-corrected chi connectivity index (χ1v) is 11.3. The maximum Gasteiger partial charge on any atom is 0.287 e. The molecule has 1 aliphatic heterocycles. The Hall–Kier alpha value is -2.12. The highest BCUT2D eigenvalue weighted by atomic mass is 32.2. The zero-order chi connectivity index (χ0) is 20.5. The first-order valence-electron chi connectivity index (χ1n) is 9.44. The van der Waals surface area contributed by atoms with Gasteiger partial charge in [0.15, 0.2) is 5.76 Å². The zero-order valence-corrected chi connectivity index (χ0v) is 17.7. The molecule has 0 spiro atoms. The van der Waals surface area contributed by atoms with Crippen LogP contribution in [0, 0.1) is 5.41 Å². The molecule has 2 aromatic rings. The van der Waals surface area contributed by atoms with Crippen molar-refractivity contribution >= 4 is 15.7 Å². The summed E-state index contributed by atoms with van der Waals surface area (Å²) in [6, 6.07) is 11.1. The lowest BCUT2D eigenvalue weighted by Gasteiger charge is -2.37. The predicted octanol–water partition coefficient (Wildman–Crippen LogP) is 2.89. The SMILES string of the molecule is CC(C)(C)C(CN1CCc2ccccc2C1)NC(=O)c1ccc(S(C)(=O)=O)o1. The Bertz CT molecular complexity index is 957. The molecule has 1 aliphatic rings. The Morgan fingerprint density at radius 2 is 1.86 bits per heavy atom. The van der Waals surface area contributed by atoms with Crippen molar-refractivity contribution in [1.29, 1.82) is 0 Å². The second-order valence-corrected chi connectivity index (χ2v) is 10.5. The van der Waals surface area contributed by atoms with E-state index < -0.39 is 15.7 Å². The second kappa shape index (κ2) is 7.72. The van der Waals surface area contributed by atoms with Gasteiger partial charge < -0.3 is 9.73 Å². The van der Waals surface area contributed by atoms with E-state index in [1.807, 2.05) is 0 Å². The summed E-state index contributed by atoms with van der Waals surface area (Å²) < 4.78 is 28.4. The molecule has 1 aromatic heterocycles. The summed E-state index contributed by atoms with van der Waals surface area (Å²) >= 11 is 0. The molecule has 0 bridgehead atoms. The van der Waals surface area contributed by atoms with Crippen molar-refractivity contribution in [1.82, 2.24) is 10.2 Å². The summed E-state index contributed by atoms with van der Waals surface area (Å²) in [5, 5.41) is 2.84. The van der Waals surface area contributed by atoms with Crippen LogP contribution in [0.5, 0.6) is 0 Å². The van der Waals surface area contributed by atoms with E-state index in [2.05, 4.69) is 55.3 Å². The van der Waals surface area contributed by atoms with Gasteiger partial charge in [0.2, 0.25) is 14.9 Å². The molecule has 1 N–H and O–H groups in total. The van der Waals surface area contributed by atoms with Gasteiger partial charge in [-0.3, -0.25) is 9.69 Å². The number of furan rings is 1. The first kappa shape index (κ1) is 20.6. The summed E-state index contributed by atoms with van der Waals surface area (Å²) in [6.45, 7) is 8.76. The molecule has 1 aromatic carbocycles. The number of fused-ring (bicyclic) bond motifs is 1. The highest BCUT2D eigenvalue weighted by Crippen LogP contribution is 2.24. The van der Waals surface area contributed by atoms with E-state index in [-0.39, 0.29) is 22.3 Å². The van der Waals surface area contributed by atoms with Gasteiger partial charge in [0.1, 0.15) is 0 Å². The van der Waals surface area contributed by atoms with Crippen LogP contribution < -0.4 is 5.32 Å². The Morgan fingerprint density at radius 1 is 1.18 bits per heavy atom. The van der Waals surface area contributed by atoms with Crippen LogP contribution in [0.15, 0.2) is 45.9 Å². The van der Waals surface area contributed by atoms with E-state index in [0.29, 0.717) is 6.54 Å². The molecule has 0 saturated carbocycles. The summed E-state index contributed by atoms with van der Waals surface area (Å²) in [7, 11) is -3.48. The third kappa shape index (κ3) is 4.83. The van der Waals surface area contributed by atoms with Gasteiger partial charge in [-0.2, -0.15) is 0 Å². The molecule has 1 unspecified atom stereocenters. The summed E-state index contributed by atoms with van der Waals surface area (Å²) in [4.78, 5) is 15.0. The molecule has 1 atom stereocenters. The van der Waals surface area contributed by atoms with Crippen LogP contribution in [-0.4, -0.2) is 44.6 Å². The third-order valence-electron chi connectivity index (χ3n) is 5.17. The smallest absolute Gasteiger partial charge is 0.287 e. The molecule has 2 heterocycles. The number of carbonyl (C=O) groups excluding carboxylic acids is 1. The number of hydrogen-bond acceptors (Lipinski definition) is 5. The van der Waals surface area contributed by atoms with E-state index in [4.69, 9.17) is 4.42 Å². The molecule has 0 fully saturated rings. The molecule has 152 valence electrons. The normalized spacial score (nSPS) is 16.4. The largest absolute Gasteiger partial charge is 0.440 e. The summed E-state index contributed by atoms with van der Waals surface area (Å²) in [5.74, 6) is -0.383. The lowest BCUT2D eigenvalue weighted by Crippen LogP contribution is -2.51. The third-order valence-corrected chi connectivity index (χ3v) is 6.12. The zero-order valence-electron chi connectivity index (χ0n) is 16.9. The van der Waals surface area contributed by atoms with E-state index in [1.165, 1.54) is 23.3 Å². The molecule has 1 amide bonds. The number of sulfone groups is 1. The van der Waals surface area contributed by atoms with E-state index in [0.717, 1.165) is 25.8 Å². The number of rotatable bonds is 5. The highest BCUT2D eigenvalue weighted by molar-refractivity contribution is 7.90. The van der Waals surface area contributed by atoms with Crippen molar-refractivity contribution in [2.45, 2.75) is 44.9 Å². The number of nitrogens with one attached hydrogen (secondary N) is 1. The van der Waals surface area contributed by atoms with E-state index in [9.17, 15) is 13.2 Å². The quantitative estimate of drug-likeness (QED) is 0.829. The Morgan fingerprint density at radius 3 is 2.46 bits per heavy atom.